The predicted octanol–water partition coefficient (Wildman–Crippen LogP) is 3.64. The number of ketones is 1. The van der Waals surface area contributed by atoms with Gasteiger partial charge in [-0.15, -0.1) is 0 Å². The van der Waals surface area contributed by atoms with E-state index in [1.165, 1.54) is 6.42 Å². The van der Waals surface area contributed by atoms with Gasteiger partial charge in [0.1, 0.15) is 5.78 Å². The van der Waals surface area contributed by atoms with E-state index in [0.717, 1.165) is 42.4 Å². The molecule has 28 heavy (non-hydrogen) atoms. The van der Waals surface area contributed by atoms with Crippen molar-refractivity contribution in [2.75, 3.05) is 6.54 Å². The van der Waals surface area contributed by atoms with Crippen molar-refractivity contribution in [2.45, 2.75) is 56.5 Å². The molecule has 0 spiro atoms. The average molecular weight is 401 g/mol. The summed E-state index contributed by atoms with van der Waals surface area (Å²) in [5.41, 5.74) is 3.06. The minimum absolute atomic E-state index is 0.0533. The number of Topliss-reactive ketones (excluding diaryl/α,β-unsaturated/α-hetero) is 1. The van der Waals surface area contributed by atoms with Crippen LogP contribution >= 0.6 is 0 Å². The number of sulfonamides is 1. The van der Waals surface area contributed by atoms with E-state index in [9.17, 15) is 13.2 Å². The van der Waals surface area contributed by atoms with Gasteiger partial charge in [0.15, 0.2) is 0 Å². The molecule has 0 heterocycles. The highest BCUT2D eigenvalue weighted by atomic mass is 32.2. The van der Waals surface area contributed by atoms with Crippen LogP contribution in [0.1, 0.15) is 44.6 Å². The summed E-state index contributed by atoms with van der Waals surface area (Å²) in [7, 11) is -3.48. The molecule has 0 aliphatic heterocycles. The molecule has 0 bridgehead atoms. The largest absolute Gasteiger partial charge is 0.306 e. The molecule has 0 amide bonds. The van der Waals surface area contributed by atoms with Gasteiger partial charge < -0.3 is 5.32 Å². The minimum Gasteiger partial charge on any atom is -0.306 e. The number of carbonyl (C=O) groups excluding carboxylic acids is 1. The van der Waals surface area contributed by atoms with Gasteiger partial charge in [-0.1, -0.05) is 49.6 Å². The van der Waals surface area contributed by atoms with E-state index in [1.807, 2.05) is 30.3 Å². The van der Waals surface area contributed by atoms with Crippen molar-refractivity contribution in [2.24, 2.45) is 0 Å². The van der Waals surface area contributed by atoms with Crippen LogP contribution in [0.4, 0.5) is 0 Å². The lowest BCUT2D eigenvalue weighted by Gasteiger charge is -2.22. The standard InChI is InChI=1S/C22H28N2O3S/c1-17(25)15-23-16-18-6-5-7-20(14-18)19-10-12-22(13-11-19)28(26,27)24-21-8-3-2-4-9-21/h5-7,10-14,21,23-24H,2-4,8-9,15-16H2,1H3. The zero-order valence-electron chi connectivity index (χ0n) is 16.3. The quantitative estimate of drug-likeness (QED) is 0.709. The summed E-state index contributed by atoms with van der Waals surface area (Å²) in [4.78, 5) is 11.4. The van der Waals surface area contributed by atoms with Gasteiger partial charge >= 0.3 is 0 Å². The SMILES string of the molecule is CC(=O)CNCc1cccc(-c2ccc(S(=O)(=O)NC3CCCCC3)cc2)c1. The first-order chi connectivity index (χ1) is 13.4. The van der Waals surface area contributed by atoms with Crippen molar-refractivity contribution in [3.8, 4) is 11.1 Å². The fourth-order valence-electron chi connectivity index (χ4n) is 3.58. The number of hydrogen-bond donors (Lipinski definition) is 2. The molecule has 0 atom stereocenters. The van der Waals surface area contributed by atoms with Crippen LogP contribution in [0, 0.1) is 0 Å². The minimum atomic E-state index is -3.48. The van der Waals surface area contributed by atoms with Gasteiger partial charge in [0.2, 0.25) is 10.0 Å². The zero-order chi connectivity index (χ0) is 20.0. The molecule has 6 heteroatoms. The Bertz CT molecular complexity index is 902. The Kier molecular flexibility index (Phi) is 6.99. The summed E-state index contributed by atoms with van der Waals surface area (Å²) in [6, 6.07) is 15.1. The molecular formula is C22H28N2O3S. The Hall–Kier alpha value is -2.02. The number of hydrogen-bond acceptors (Lipinski definition) is 4. The van der Waals surface area contributed by atoms with Crippen LogP contribution < -0.4 is 10.0 Å². The second-order valence-corrected chi connectivity index (χ2v) is 9.20. The first-order valence-electron chi connectivity index (χ1n) is 9.86. The molecule has 1 aliphatic carbocycles. The van der Waals surface area contributed by atoms with E-state index in [4.69, 9.17) is 0 Å². The number of benzene rings is 2. The molecule has 1 fully saturated rings. The third-order valence-electron chi connectivity index (χ3n) is 5.05. The van der Waals surface area contributed by atoms with Crippen molar-refractivity contribution in [1.29, 1.82) is 0 Å². The second-order valence-electron chi connectivity index (χ2n) is 7.49. The van der Waals surface area contributed by atoms with Crippen LogP contribution in [-0.2, 0) is 21.4 Å². The van der Waals surface area contributed by atoms with Crippen LogP contribution in [0.25, 0.3) is 11.1 Å². The lowest BCUT2D eigenvalue weighted by atomic mass is 9.96. The molecule has 0 unspecified atom stereocenters. The molecule has 0 radical (unpaired) electrons. The fourth-order valence-corrected chi connectivity index (χ4v) is 4.88. The van der Waals surface area contributed by atoms with Crippen LogP contribution in [0.15, 0.2) is 53.4 Å². The topological polar surface area (TPSA) is 75.3 Å². The monoisotopic (exact) mass is 400 g/mol. The highest BCUT2D eigenvalue weighted by Gasteiger charge is 2.21. The third-order valence-corrected chi connectivity index (χ3v) is 6.59. The third kappa shape index (κ3) is 5.74. The van der Waals surface area contributed by atoms with Gasteiger partial charge in [-0.3, -0.25) is 4.79 Å². The number of rotatable bonds is 8. The predicted molar refractivity (Wildman–Crippen MR) is 111 cm³/mol. The first kappa shape index (κ1) is 20.7. The fraction of sp³-hybridized carbons (Fsp3) is 0.409. The average Bonchev–Trinajstić information content (AvgIpc) is 2.68. The molecule has 3 rings (SSSR count). The maximum Gasteiger partial charge on any atom is 0.240 e. The lowest BCUT2D eigenvalue weighted by molar-refractivity contribution is -0.116. The summed E-state index contributed by atoms with van der Waals surface area (Å²) < 4.78 is 28.1. The van der Waals surface area contributed by atoms with Gasteiger partial charge in [0, 0.05) is 12.6 Å². The van der Waals surface area contributed by atoms with E-state index >= 15 is 0 Å². The van der Waals surface area contributed by atoms with Crippen molar-refractivity contribution < 1.29 is 13.2 Å². The van der Waals surface area contributed by atoms with Crippen molar-refractivity contribution in [1.82, 2.24) is 10.0 Å². The lowest BCUT2D eigenvalue weighted by Crippen LogP contribution is -2.36. The van der Waals surface area contributed by atoms with Crippen LogP contribution in [0.3, 0.4) is 0 Å². The van der Waals surface area contributed by atoms with Gasteiger partial charge in [-0.05, 0) is 54.7 Å². The smallest absolute Gasteiger partial charge is 0.240 e. The van der Waals surface area contributed by atoms with E-state index < -0.39 is 10.0 Å². The Morgan fingerprint density at radius 1 is 1.00 bits per heavy atom. The van der Waals surface area contributed by atoms with Gasteiger partial charge in [-0.2, -0.15) is 0 Å². The molecule has 2 aromatic rings. The molecule has 150 valence electrons. The van der Waals surface area contributed by atoms with Gasteiger partial charge in [0.25, 0.3) is 0 Å². The summed E-state index contributed by atoms with van der Waals surface area (Å²) >= 11 is 0. The van der Waals surface area contributed by atoms with Gasteiger partial charge in [0.05, 0.1) is 11.4 Å². The van der Waals surface area contributed by atoms with Crippen molar-refractivity contribution in [3.63, 3.8) is 0 Å². The van der Waals surface area contributed by atoms with E-state index in [0.29, 0.717) is 18.0 Å². The molecule has 0 aromatic heterocycles. The molecule has 1 aliphatic rings. The highest BCUT2D eigenvalue weighted by molar-refractivity contribution is 7.89. The first-order valence-corrected chi connectivity index (χ1v) is 11.3. The van der Waals surface area contributed by atoms with E-state index in [2.05, 4.69) is 16.1 Å². The Morgan fingerprint density at radius 2 is 1.71 bits per heavy atom. The van der Waals surface area contributed by atoms with Crippen LogP contribution in [-0.4, -0.2) is 26.8 Å². The Labute approximate surface area is 167 Å². The summed E-state index contributed by atoms with van der Waals surface area (Å²) in [5, 5.41) is 3.11. The van der Waals surface area contributed by atoms with Crippen LogP contribution in [0.2, 0.25) is 0 Å². The maximum atomic E-state index is 12.6. The summed E-state index contributed by atoms with van der Waals surface area (Å²) in [5.74, 6) is 0.106. The molecular weight excluding hydrogens is 372 g/mol. The van der Waals surface area contributed by atoms with E-state index in [-0.39, 0.29) is 11.8 Å². The Morgan fingerprint density at radius 3 is 2.39 bits per heavy atom. The van der Waals surface area contributed by atoms with Gasteiger partial charge in [-0.25, -0.2) is 13.1 Å². The molecule has 0 saturated heterocycles. The number of carbonyl (C=O) groups is 1. The van der Waals surface area contributed by atoms with E-state index in [1.54, 1.807) is 19.1 Å². The Balaban J connectivity index is 1.69. The van der Waals surface area contributed by atoms with Crippen molar-refractivity contribution in [3.05, 3.63) is 54.1 Å². The molecule has 2 N–H and O–H groups in total. The maximum absolute atomic E-state index is 12.6. The summed E-state index contributed by atoms with van der Waals surface area (Å²) in [6.07, 6.45) is 5.20. The van der Waals surface area contributed by atoms with Crippen LogP contribution in [0.5, 0.6) is 0 Å². The zero-order valence-corrected chi connectivity index (χ0v) is 17.1. The van der Waals surface area contributed by atoms with Crippen molar-refractivity contribution >= 4 is 15.8 Å². The number of nitrogens with one attached hydrogen (secondary N) is 2. The molecule has 5 nitrogen and oxygen atoms in total. The second kappa shape index (κ2) is 9.45. The molecule has 1 saturated carbocycles. The summed E-state index contributed by atoms with van der Waals surface area (Å²) in [6.45, 7) is 2.53. The normalized spacial score (nSPS) is 15.5. The molecule has 2 aromatic carbocycles. The highest BCUT2D eigenvalue weighted by Crippen LogP contribution is 2.24.